The van der Waals surface area contributed by atoms with Gasteiger partial charge >= 0.3 is 0 Å². The summed E-state index contributed by atoms with van der Waals surface area (Å²) < 4.78 is 1.12. The van der Waals surface area contributed by atoms with Crippen LogP contribution >= 0.6 is 39.0 Å². The summed E-state index contributed by atoms with van der Waals surface area (Å²) in [6.07, 6.45) is 1.86. The van der Waals surface area contributed by atoms with Gasteiger partial charge in [-0.1, -0.05) is 25.1 Å². The van der Waals surface area contributed by atoms with Crippen molar-refractivity contribution in [1.29, 1.82) is 0 Å². The first kappa shape index (κ1) is 19.2. The molecular formula is C18H21BrN2OS2. The molecule has 0 aliphatic carbocycles. The first-order valence-corrected chi connectivity index (χ1v) is 10.3. The van der Waals surface area contributed by atoms with E-state index < -0.39 is 0 Å². The van der Waals surface area contributed by atoms with Gasteiger partial charge in [0, 0.05) is 22.1 Å². The molecule has 1 aromatic carbocycles. The molecule has 0 saturated heterocycles. The van der Waals surface area contributed by atoms with E-state index in [1.165, 1.54) is 4.88 Å². The van der Waals surface area contributed by atoms with Gasteiger partial charge in [0.2, 0.25) is 5.91 Å². The molecule has 0 atom stereocenters. The average molecular weight is 425 g/mol. The van der Waals surface area contributed by atoms with Crippen molar-refractivity contribution >= 4 is 50.6 Å². The lowest BCUT2D eigenvalue weighted by molar-refractivity contribution is -0.117. The third kappa shape index (κ3) is 6.09. The van der Waals surface area contributed by atoms with E-state index in [2.05, 4.69) is 45.7 Å². The molecule has 1 aromatic heterocycles. The summed E-state index contributed by atoms with van der Waals surface area (Å²) in [7, 11) is 0. The van der Waals surface area contributed by atoms with Crippen molar-refractivity contribution in [3.05, 3.63) is 57.7 Å². The quantitative estimate of drug-likeness (QED) is 0.440. The molecule has 0 spiro atoms. The van der Waals surface area contributed by atoms with Crippen LogP contribution in [0.25, 0.3) is 0 Å². The maximum atomic E-state index is 12.4. The molecule has 0 fully saturated rings. The van der Waals surface area contributed by atoms with Crippen LogP contribution in [-0.4, -0.2) is 29.6 Å². The van der Waals surface area contributed by atoms with Crippen molar-refractivity contribution in [3.8, 4) is 0 Å². The van der Waals surface area contributed by atoms with Gasteiger partial charge in [-0.2, -0.15) is 0 Å². The SMILES string of the molecule is C=CCSc1ccccc1NC(=O)CN(CC)Cc1ccc(Br)s1. The van der Waals surface area contributed by atoms with Crippen LogP contribution in [0.3, 0.4) is 0 Å². The van der Waals surface area contributed by atoms with Crippen molar-refractivity contribution in [3.63, 3.8) is 0 Å². The molecule has 1 amide bonds. The number of carbonyl (C=O) groups is 1. The molecule has 2 aromatic rings. The molecule has 0 aliphatic heterocycles. The predicted octanol–water partition coefficient (Wildman–Crippen LogP) is 5.25. The van der Waals surface area contributed by atoms with E-state index in [-0.39, 0.29) is 5.91 Å². The monoisotopic (exact) mass is 424 g/mol. The molecule has 0 aliphatic rings. The molecule has 0 radical (unpaired) electrons. The number of benzene rings is 1. The average Bonchev–Trinajstić information content (AvgIpc) is 2.98. The molecule has 1 N–H and O–H groups in total. The zero-order valence-corrected chi connectivity index (χ0v) is 16.8. The minimum atomic E-state index is 0.0131. The Kier molecular flexibility index (Phi) is 8.05. The van der Waals surface area contributed by atoms with Gasteiger partial charge in [-0.15, -0.1) is 29.7 Å². The maximum Gasteiger partial charge on any atom is 0.238 e. The Balaban J connectivity index is 1.95. The number of amides is 1. The molecule has 6 heteroatoms. The molecule has 0 saturated carbocycles. The largest absolute Gasteiger partial charge is 0.324 e. The van der Waals surface area contributed by atoms with Crippen molar-refractivity contribution in [2.45, 2.75) is 18.4 Å². The van der Waals surface area contributed by atoms with Crippen LogP contribution in [0, 0.1) is 0 Å². The molecule has 3 nitrogen and oxygen atoms in total. The van der Waals surface area contributed by atoms with Gasteiger partial charge < -0.3 is 5.32 Å². The van der Waals surface area contributed by atoms with Gasteiger partial charge in [0.15, 0.2) is 0 Å². The Morgan fingerprint density at radius 2 is 2.17 bits per heavy atom. The Morgan fingerprint density at radius 1 is 1.38 bits per heavy atom. The van der Waals surface area contributed by atoms with Crippen LogP contribution in [0.4, 0.5) is 5.69 Å². The van der Waals surface area contributed by atoms with Gasteiger partial charge in [0.25, 0.3) is 0 Å². The number of carbonyl (C=O) groups excluding carboxylic acids is 1. The first-order chi connectivity index (χ1) is 11.6. The molecule has 2 rings (SSSR count). The second kappa shape index (κ2) is 10.0. The van der Waals surface area contributed by atoms with E-state index in [9.17, 15) is 4.79 Å². The molecular weight excluding hydrogens is 404 g/mol. The number of nitrogens with zero attached hydrogens (tertiary/aromatic N) is 1. The van der Waals surface area contributed by atoms with E-state index in [4.69, 9.17) is 0 Å². The third-order valence-corrected chi connectivity index (χ3v) is 6.02. The van der Waals surface area contributed by atoms with E-state index in [1.807, 2.05) is 36.4 Å². The summed E-state index contributed by atoms with van der Waals surface area (Å²) in [4.78, 5) is 16.9. The zero-order valence-electron chi connectivity index (χ0n) is 13.6. The fraction of sp³-hybridized carbons (Fsp3) is 0.278. The number of para-hydroxylation sites is 1. The normalized spacial score (nSPS) is 10.8. The minimum absolute atomic E-state index is 0.0131. The molecule has 128 valence electrons. The number of anilines is 1. The highest BCUT2D eigenvalue weighted by Gasteiger charge is 2.12. The number of thiophene rings is 1. The Labute approximate surface area is 160 Å². The van der Waals surface area contributed by atoms with Crippen molar-refractivity contribution in [2.75, 3.05) is 24.2 Å². The van der Waals surface area contributed by atoms with E-state index in [0.29, 0.717) is 6.54 Å². The second-order valence-electron chi connectivity index (χ2n) is 5.15. The van der Waals surface area contributed by atoms with Gasteiger partial charge in [-0.05, 0) is 46.7 Å². The number of rotatable bonds is 9. The van der Waals surface area contributed by atoms with Crippen molar-refractivity contribution in [2.24, 2.45) is 0 Å². The number of halogens is 1. The topological polar surface area (TPSA) is 32.3 Å². The summed E-state index contributed by atoms with van der Waals surface area (Å²) in [5.41, 5.74) is 0.865. The number of nitrogens with one attached hydrogen (secondary N) is 1. The summed E-state index contributed by atoms with van der Waals surface area (Å²) >= 11 is 6.85. The number of likely N-dealkylation sites (N-methyl/N-ethyl adjacent to an activating group) is 1. The number of thioether (sulfide) groups is 1. The number of hydrogen-bond acceptors (Lipinski definition) is 4. The standard InChI is InChI=1S/C18H21BrN2OS2/c1-3-11-23-16-8-6-5-7-15(16)20-18(22)13-21(4-2)12-14-9-10-17(19)24-14/h3,5-10H,1,4,11-13H2,2H3,(H,20,22). The van der Waals surface area contributed by atoms with Gasteiger partial charge in [-0.3, -0.25) is 9.69 Å². The third-order valence-electron chi connectivity index (χ3n) is 3.34. The highest BCUT2D eigenvalue weighted by molar-refractivity contribution is 9.11. The van der Waals surface area contributed by atoms with Crippen LogP contribution in [0.15, 0.2) is 57.7 Å². The summed E-state index contributed by atoms with van der Waals surface area (Å²) in [5.74, 6) is 0.834. The van der Waals surface area contributed by atoms with Crippen LogP contribution < -0.4 is 5.32 Å². The van der Waals surface area contributed by atoms with Crippen LogP contribution in [0.2, 0.25) is 0 Å². The molecule has 24 heavy (non-hydrogen) atoms. The summed E-state index contributed by atoms with van der Waals surface area (Å²) in [6, 6.07) is 12.0. The smallest absolute Gasteiger partial charge is 0.238 e. The zero-order chi connectivity index (χ0) is 17.4. The Bertz CT molecular complexity index is 687. The predicted molar refractivity (Wildman–Crippen MR) is 109 cm³/mol. The molecule has 0 bridgehead atoms. The van der Waals surface area contributed by atoms with Crippen molar-refractivity contribution < 1.29 is 4.79 Å². The number of hydrogen-bond donors (Lipinski definition) is 1. The highest BCUT2D eigenvalue weighted by atomic mass is 79.9. The summed E-state index contributed by atoms with van der Waals surface area (Å²) in [6.45, 7) is 7.81. The lowest BCUT2D eigenvalue weighted by Crippen LogP contribution is -2.32. The summed E-state index contributed by atoms with van der Waals surface area (Å²) in [5, 5.41) is 3.03. The molecule has 0 unspecified atom stereocenters. The van der Waals surface area contributed by atoms with Crippen LogP contribution in [0.5, 0.6) is 0 Å². The van der Waals surface area contributed by atoms with Crippen LogP contribution in [-0.2, 0) is 11.3 Å². The lowest BCUT2D eigenvalue weighted by atomic mass is 10.3. The second-order valence-corrected chi connectivity index (χ2v) is 8.76. The van der Waals surface area contributed by atoms with Crippen molar-refractivity contribution in [1.82, 2.24) is 4.90 Å². The first-order valence-electron chi connectivity index (χ1n) is 7.71. The minimum Gasteiger partial charge on any atom is -0.324 e. The molecule has 1 heterocycles. The van der Waals surface area contributed by atoms with Gasteiger partial charge in [0.05, 0.1) is 16.0 Å². The Morgan fingerprint density at radius 3 is 2.83 bits per heavy atom. The maximum absolute atomic E-state index is 12.4. The van der Waals surface area contributed by atoms with Gasteiger partial charge in [0.1, 0.15) is 0 Å². The van der Waals surface area contributed by atoms with E-state index >= 15 is 0 Å². The lowest BCUT2D eigenvalue weighted by Gasteiger charge is -2.19. The highest BCUT2D eigenvalue weighted by Crippen LogP contribution is 2.27. The fourth-order valence-electron chi connectivity index (χ4n) is 2.17. The van der Waals surface area contributed by atoms with E-state index in [1.54, 1.807) is 23.1 Å². The van der Waals surface area contributed by atoms with E-state index in [0.717, 1.165) is 33.2 Å². The van der Waals surface area contributed by atoms with Crippen LogP contribution in [0.1, 0.15) is 11.8 Å². The fourth-order valence-corrected chi connectivity index (χ4v) is 4.45. The Hall–Kier alpha value is -1.08. The van der Waals surface area contributed by atoms with Gasteiger partial charge in [-0.25, -0.2) is 0 Å².